The summed E-state index contributed by atoms with van der Waals surface area (Å²) in [5.74, 6) is -1.38. The first kappa shape index (κ1) is 18.3. The molecule has 0 aromatic heterocycles. The van der Waals surface area contributed by atoms with Gasteiger partial charge in [0.15, 0.2) is 0 Å². The minimum Gasteiger partial charge on any atom is -0.481 e. The summed E-state index contributed by atoms with van der Waals surface area (Å²) < 4.78 is 0. The fraction of sp³-hybridized carbons (Fsp3) is 0.500. The molecule has 1 saturated heterocycles. The summed E-state index contributed by atoms with van der Waals surface area (Å²) in [7, 11) is 0. The number of rotatable bonds is 5. The van der Waals surface area contributed by atoms with Gasteiger partial charge in [-0.15, -0.1) is 11.8 Å². The molecule has 1 aromatic rings. The van der Waals surface area contributed by atoms with Crippen LogP contribution in [0, 0.1) is 21.4 Å². The number of carbonyl (C=O) groups is 2. The Bertz CT molecular complexity index is 691. The molecule has 0 spiro atoms. The molecule has 8 heteroatoms. The smallest absolute Gasteiger partial charge is 0.311 e. The zero-order valence-electron chi connectivity index (χ0n) is 13.8. The number of nitro groups is 1. The molecular formula is C16H20N2O5S. The lowest BCUT2D eigenvalue weighted by Gasteiger charge is -2.28. The second kappa shape index (κ2) is 6.80. The summed E-state index contributed by atoms with van der Waals surface area (Å²) in [6.45, 7) is 4.12. The summed E-state index contributed by atoms with van der Waals surface area (Å²) in [4.78, 5) is 36.9. The van der Waals surface area contributed by atoms with Gasteiger partial charge >= 0.3 is 5.97 Å². The van der Waals surface area contributed by atoms with E-state index in [1.165, 1.54) is 22.7 Å². The number of carbonyl (C=O) groups excluding carboxylic acids is 1. The molecule has 1 N–H and O–H groups in total. The average Bonchev–Trinajstić information content (AvgIpc) is 3.00. The van der Waals surface area contributed by atoms with E-state index in [1.54, 1.807) is 18.4 Å². The van der Waals surface area contributed by atoms with Crippen molar-refractivity contribution in [3.8, 4) is 0 Å². The molecule has 0 saturated carbocycles. The zero-order valence-corrected chi connectivity index (χ0v) is 14.6. The lowest BCUT2D eigenvalue weighted by Crippen LogP contribution is -2.40. The molecule has 1 heterocycles. The molecule has 130 valence electrons. The van der Waals surface area contributed by atoms with Crippen molar-refractivity contribution < 1.29 is 19.6 Å². The fourth-order valence-electron chi connectivity index (χ4n) is 3.05. The van der Waals surface area contributed by atoms with Gasteiger partial charge in [-0.3, -0.25) is 19.7 Å². The van der Waals surface area contributed by atoms with Gasteiger partial charge in [-0.1, -0.05) is 13.8 Å². The van der Waals surface area contributed by atoms with Crippen molar-refractivity contribution >= 4 is 29.3 Å². The Balaban J connectivity index is 2.29. The second-order valence-electron chi connectivity index (χ2n) is 6.24. The molecule has 0 bridgehead atoms. The van der Waals surface area contributed by atoms with Gasteiger partial charge < -0.3 is 10.0 Å². The number of nitro benzene ring substituents is 1. The van der Waals surface area contributed by atoms with Crippen LogP contribution in [-0.2, 0) is 4.79 Å². The minimum atomic E-state index is -0.958. The van der Waals surface area contributed by atoms with Crippen molar-refractivity contribution in [2.24, 2.45) is 11.3 Å². The minimum absolute atomic E-state index is 0.110. The highest BCUT2D eigenvalue weighted by Gasteiger charge is 2.48. The average molecular weight is 352 g/mol. The molecule has 1 aliphatic rings. The number of hydrogen-bond donors (Lipinski definition) is 1. The van der Waals surface area contributed by atoms with Crippen LogP contribution in [0.4, 0.5) is 5.69 Å². The van der Waals surface area contributed by atoms with Gasteiger partial charge in [-0.05, 0) is 30.7 Å². The van der Waals surface area contributed by atoms with Gasteiger partial charge in [0, 0.05) is 24.7 Å². The van der Waals surface area contributed by atoms with Crippen molar-refractivity contribution in [2.45, 2.75) is 25.2 Å². The van der Waals surface area contributed by atoms with E-state index < -0.39 is 16.3 Å². The maximum absolute atomic E-state index is 12.7. The number of carboxylic acids is 1. The summed E-state index contributed by atoms with van der Waals surface area (Å²) in [6.07, 6.45) is 2.12. The molecule has 0 aliphatic carbocycles. The Labute approximate surface area is 144 Å². The van der Waals surface area contributed by atoms with Crippen molar-refractivity contribution in [1.82, 2.24) is 4.90 Å². The van der Waals surface area contributed by atoms with Crippen molar-refractivity contribution in [3.63, 3.8) is 0 Å². The van der Waals surface area contributed by atoms with Gasteiger partial charge in [0.2, 0.25) is 0 Å². The first-order valence-corrected chi connectivity index (χ1v) is 8.80. The molecule has 1 atom stereocenters. The Hall–Kier alpha value is -2.09. The van der Waals surface area contributed by atoms with E-state index in [4.69, 9.17) is 0 Å². The summed E-state index contributed by atoms with van der Waals surface area (Å²) in [5.41, 5.74) is -0.855. The summed E-state index contributed by atoms with van der Waals surface area (Å²) in [5, 5.41) is 20.7. The number of nitrogens with zero attached hydrogens (tertiary/aromatic N) is 2. The Morgan fingerprint density at radius 2 is 2.08 bits per heavy atom. The van der Waals surface area contributed by atoms with Gasteiger partial charge in [0.1, 0.15) is 0 Å². The molecule has 7 nitrogen and oxygen atoms in total. The van der Waals surface area contributed by atoms with Crippen LogP contribution in [0.3, 0.4) is 0 Å². The molecule has 1 aliphatic heterocycles. The topological polar surface area (TPSA) is 101 Å². The van der Waals surface area contributed by atoms with Crippen molar-refractivity contribution in [3.05, 3.63) is 33.9 Å². The lowest BCUT2D eigenvalue weighted by molar-refractivity contribution is -0.387. The standard InChI is InChI=1S/C16H20N2O5S/c1-10(2)16(15(20)21)6-7-17(9-16)14(19)11-4-5-13(24-3)12(8-11)18(22)23/h4-5,8,10H,6-7,9H2,1-3H3,(H,20,21). The van der Waals surface area contributed by atoms with E-state index in [-0.39, 0.29) is 29.6 Å². The molecule has 2 rings (SSSR count). The summed E-state index contributed by atoms with van der Waals surface area (Å²) in [6, 6.07) is 4.38. The van der Waals surface area contributed by atoms with Gasteiger partial charge in [-0.2, -0.15) is 0 Å². The molecule has 1 aromatic carbocycles. The molecule has 0 radical (unpaired) electrons. The fourth-order valence-corrected chi connectivity index (χ4v) is 3.59. The second-order valence-corrected chi connectivity index (χ2v) is 7.08. The van der Waals surface area contributed by atoms with Crippen LogP contribution in [0.1, 0.15) is 30.6 Å². The van der Waals surface area contributed by atoms with Crippen LogP contribution in [-0.4, -0.2) is 46.2 Å². The number of hydrogen-bond acceptors (Lipinski definition) is 5. The summed E-state index contributed by atoms with van der Waals surface area (Å²) >= 11 is 1.24. The van der Waals surface area contributed by atoms with Gasteiger partial charge in [0.25, 0.3) is 11.6 Å². The third-order valence-electron chi connectivity index (χ3n) is 4.74. The van der Waals surface area contributed by atoms with Crippen molar-refractivity contribution in [2.75, 3.05) is 19.3 Å². The van der Waals surface area contributed by atoms with Crippen LogP contribution < -0.4 is 0 Å². The van der Waals surface area contributed by atoms with E-state index in [0.29, 0.717) is 17.9 Å². The maximum atomic E-state index is 12.7. The molecule has 1 fully saturated rings. The third kappa shape index (κ3) is 3.10. The monoisotopic (exact) mass is 352 g/mol. The highest BCUT2D eigenvalue weighted by Crippen LogP contribution is 2.39. The predicted molar refractivity (Wildman–Crippen MR) is 90.3 cm³/mol. The normalized spacial score (nSPS) is 20.4. The largest absolute Gasteiger partial charge is 0.481 e. The quantitative estimate of drug-likeness (QED) is 0.497. The first-order valence-electron chi connectivity index (χ1n) is 7.58. The maximum Gasteiger partial charge on any atom is 0.311 e. The highest BCUT2D eigenvalue weighted by molar-refractivity contribution is 7.98. The van der Waals surface area contributed by atoms with Crippen LogP contribution in [0.2, 0.25) is 0 Å². The van der Waals surface area contributed by atoms with E-state index in [1.807, 2.05) is 13.8 Å². The highest BCUT2D eigenvalue weighted by atomic mass is 32.2. The number of likely N-dealkylation sites (tertiary alicyclic amines) is 1. The van der Waals surface area contributed by atoms with Crippen LogP contribution in [0.15, 0.2) is 23.1 Å². The van der Waals surface area contributed by atoms with E-state index >= 15 is 0 Å². The number of thioether (sulfide) groups is 1. The van der Waals surface area contributed by atoms with Crippen LogP contribution in [0.25, 0.3) is 0 Å². The molecule has 1 amide bonds. The van der Waals surface area contributed by atoms with Crippen LogP contribution >= 0.6 is 11.8 Å². The SMILES string of the molecule is CSc1ccc(C(=O)N2CCC(C(=O)O)(C(C)C)C2)cc1[N+](=O)[O-]. The number of aliphatic carboxylic acids is 1. The Morgan fingerprint density at radius 1 is 1.42 bits per heavy atom. The van der Waals surface area contributed by atoms with E-state index in [0.717, 1.165) is 0 Å². The van der Waals surface area contributed by atoms with Crippen LogP contribution in [0.5, 0.6) is 0 Å². The molecule has 1 unspecified atom stereocenters. The lowest BCUT2D eigenvalue weighted by atomic mass is 9.76. The van der Waals surface area contributed by atoms with Gasteiger partial charge in [-0.25, -0.2) is 0 Å². The Morgan fingerprint density at radius 3 is 2.54 bits per heavy atom. The molecular weight excluding hydrogens is 332 g/mol. The Kier molecular flexibility index (Phi) is 5.17. The first-order chi connectivity index (χ1) is 11.2. The third-order valence-corrected chi connectivity index (χ3v) is 5.53. The zero-order chi connectivity index (χ0) is 18.1. The number of benzene rings is 1. The molecule has 24 heavy (non-hydrogen) atoms. The van der Waals surface area contributed by atoms with Crippen molar-refractivity contribution in [1.29, 1.82) is 0 Å². The predicted octanol–water partition coefficient (Wildman–Crippen LogP) is 2.89. The number of carboxylic acid groups (broad SMARTS) is 1. The van der Waals surface area contributed by atoms with E-state index in [9.17, 15) is 24.8 Å². The van der Waals surface area contributed by atoms with Gasteiger partial charge in [0.05, 0.1) is 15.2 Å². The number of amides is 1. The van der Waals surface area contributed by atoms with E-state index in [2.05, 4.69) is 0 Å².